The van der Waals surface area contributed by atoms with E-state index in [1.807, 2.05) is 18.2 Å². The number of piperidine rings is 1. The number of benzene rings is 2. The molecule has 2 aromatic carbocycles. The van der Waals surface area contributed by atoms with E-state index in [1.165, 1.54) is 4.90 Å². The van der Waals surface area contributed by atoms with E-state index in [4.69, 9.17) is 5.73 Å². The zero-order chi connectivity index (χ0) is 24.0. The first-order chi connectivity index (χ1) is 16.3. The first-order valence-electron chi connectivity index (χ1n) is 10.8. The Bertz CT molecular complexity index is 1390. The summed E-state index contributed by atoms with van der Waals surface area (Å²) in [4.78, 5) is 65.7. The molecule has 3 heterocycles. The van der Waals surface area contributed by atoms with E-state index in [0.717, 1.165) is 5.39 Å². The summed E-state index contributed by atoms with van der Waals surface area (Å²) in [5.74, 6) is -2.11. The third kappa shape index (κ3) is 3.68. The van der Waals surface area contributed by atoms with Gasteiger partial charge in [-0.05, 0) is 41.8 Å². The Morgan fingerprint density at radius 1 is 1.12 bits per heavy atom. The molecule has 5 amide bonds. The molecule has 1 unspecified atom stereocenters. The van der Waals surface area contributed by atoms with Gasteiger partial charge in [0.2, 0.25) is 17.7 Å². The van der Waals surface area contributed by atoms with Crippen LogP contribution in [-0.2, 0) is 27.3 Å². The van der Waals surface area contributed by atoms with E-state index >= 15 is 0 Å². The molecule has 1 atom stereocenters. The number of anilines is 1. The van der Waals surface area contributed by atoms with Crippen molar-refractivity contribution in [1.29, 1.82) is 0 Å². The number of carbonyl (C=O) groups excluding carboxylic acids is 5. The van der Waals surface area contributed by atoms with Gasteiger partial charge in [0.25, 0.3) is 11.8 Å². The Labute approximate surface area is 193 Å². The zero-order valence-corrected chi connectivity index (χ0v) is 18.0. The summed E-state index contributed by atoms with van der Waals surface area (Å²) in [5.41, 5.74) is 8.44. The molecule has 1 saturated heterocycles. The fraction of sp³-hybridized carbons (Fsp3) is 0.208. The van der Waals surface area contributed by atoms with Crippen molar-refractivity contribution in [3.8, 4) is 0 Å². The largest absolute Gasteiger partial charge is 0.369 e. The van der Waals surface area contributed by atoms with Crippen molar-refractivity contribution in [2.75, 3.05) is 5.32 Å². The molecule has 0 radical (unpaired) electrons. The molecule has 10 nitrogen and oxygen atoms in total. The first-order valence-corrected chi connectivity index (χ1v) is 10.8. The first kappa shape index (κ1) is 21.4. The maximum Gasteiger partial charge on any atom is 0.272 e. The maximum atomic E-state index is 13.1. The van der Waals surface area contributed by atoms with Gasteiger partial charge >= 0.3 is 0 Å². The van der Waals surface area contributed by atoms with Crippen molar-refractivity contribution in [2.24, 2.45) is 5.73 Å². The number of carbonyl (C=O) groups is 5. The van der Waals surface area contributed by atoms with Crippen molar-refractivity contribution in [1.82, 2.24) is 15.2 Å². The summed E-state index contributed by atoms with van der Waals surface area (Å²) < 4.78 is 0. The highest BCUT2D eigenvalue weighted by Crippen LogP contribution is 2.30. The number of imide groups is 1. The van der Waals surface area contributed by atoms with Crippen LogP contribution >= 0.6 is 0 Å². The lowest BCUT2D eigenvalue weighted by molar-refractivity contribution is -0.137. The molecular formula is C24H21N5O5. The minimum absolute atomic E-state index is 0.0909. The number of hydrogen-bond acceptors (Lipinski definition) is 5. The van der Waals surface area contributed by atoms with Gasteiger partial charge in [-0.3, -0.25) is 29.3 Å². The predicted molar refractivity (Wildman–Crippen MR) is 122 cm³/mol. The van der Waals surface area contributed by atoms with Gasteiger partial charge in [0.05, 0.1) is 6.42 Å². The summed E-state index contributed by atoms with van der Waals surface area (Å²) in [6, 6.07) is 11.4. The van der Waals surface area contributed by atoms with Crippen molar-refractivity contribution in [3.63, 3.8) is 0 Å². The topological polar surface area (TPSA) is 154 Å². The number of rotatable bonds is 5. The fourth-order valence-electron chi connectivity index (χ4n) is 4.60. The van der Waals surface area contributed by atoms with E-state index in [9.17, 15) is 24.0 Å². The SMILES string of the molecule is NC(=O)Cc1c(C(=O)Nc2ccc3c(c2)CN(C2CCC(=O)NC2=O)C3=O)[nH]c2ccccc12. The Balaban J connectivity index is 1.38. The van der Waals surface area contributed by atoms with E-state index < -0.39 is 23.8 Å². The maximum absolute atomic E-state index is 13.1. The Hall–Kier alpha value is -4.47. The van der Waals surface area contributed by atoms with Gasteiger partial charge in [-0.25, -0.2) is 0 Å². The van der Waals surface area contributed by atoms with Gasteiger partial charge in [0.15, 0.2) is 0 Å². The molecule has 3 aromatic rings. The normalized spacial score (nSPS) is 17.6. The Kier molecular flexibility index (Phi) is 5.12. The van der Waals surface area contributed by atoms with E-state index in [1.54, 1.807) is 24.3 Å². The second-order valence-corrected chi connectivity index (χ2v) is 8.39. The number of nitrogens with two attached hydrogens (primary N) is 1. The molecule has 5 rings (SSSR count). The van der Waals surface area contributed by atoms with Crippen LogP contribution in [-0.4, -0.2) is 45.5 Å². The lowest BCUT2D eigenvalue weighted by Gasteiger charge is -2.29. The van der Waals surface area contributed by atoms with Crippen LogP contribution in [0.15, 0.2) is 42.5 Å². The van der Waals surface area contributed by atoms with Crippen LogP contribution in [0.4, 0.5) is 5.69 Å². The minimum atomic E-state index is -0.710. The second kappa shape index (κ2) is 8.14. The summed E-state index contributed by atoms with van der Waals surface area (Å²) in [7, 11) is 0. The quantitative estimate of drug-likeness (QED) is 0.422. The molecule has 0 aliphatic carbocycles. The van der Waals surface area contributed by atoms with Gasteiger partial charge in [0, 0.05) is 35.1 Å². The van der Waals surface area contributed by atoms with Crippen LogP contribution in [0.25, 0.3) is 10.9 Å². The molecule has 0 bridgehead atoms. The highest BCUT2D eigenvalue weighted by atomic mass is 16.2. The number of hydrogen-bond donors (Lipinski definition) is 4. The molecule has 1 aromatic heterocycles. The van der Waals surface area contributed by atoms with Gasteiger partial charge in [0.1, 0.15) is 11.7 Å². The third-order valence-electron chi connectivity index (χ3n) is 6.17. The van der Waals surface area contributed by atoms with Gasteiger partial charge in [-0.15, -0.1) is 0 Å². The minimum Gasteiger partial charge on any atom is -0.369 e. The van der Waals surface area contributed by atoms with Crippen LogP contribution < -0.4 is 16.4 Å². The molecule has 1 fully saturated rings. The molecule has 0 saturated carbocycles. The lowest BCUT2D eigenvalue weighted by atomic mass is 10.0. The lowest BCUT2D eigenvalue weighted by Crippen LogP contribution is -2.52. The van der Waals surface area contributed by atoms with Crippen LogP contribution in [0.3, 0.4) is 0 Å². The molecule has 172 valence electrons. The second-order valence-electron chi connectivity index (χ2n) is 8.39. The molecule has 2 aliphatic rings. The Morgan fingerprint density at radius 2 is 1.91 bits per heavy atom. The van der Waals surface area contributed by atoms with Gasteiger partial charge < -0.3 is 20.9 Å². The third-order valence-corrected chi connectivity index (χ3v) is 6.17. The molecular weight excluding hydrogens is 438 g/mol. The van der Waals surface area contributed by atoms with Crippen molar-refractivity contribution in [2.45, 2.75) is 31.8 Å². The molecule has 0 spiro atoms. The highest BCUT2D eigenvalue weighted by molar-refractivity contribution is 6.10. The van der Waals surface area contributed by atoms with Crippen LogP contribution in [0, 0.1) is 0 Å². The van der Waals surface area contributed by atoms with E-state index in [0.29, 0.717) is 27.9 Å². The van der Waals surface area contributed by atoms with Crippen LogP contribution in [0.5, 0.6) is 0 Å². The number of nitrogens with one attached hydrogen (secondary N) is 3. The molecule has 2 aliphatic heterocycles. The fourth-order valence-corrected chi connectivity index (χ4v) is 4.60. The number of fused-ring (bicyclic) bond motifs is 2. The van der Waals surface area contributed by atoms with Crippen molar-refractivity contribution < 1.29 is 24.0 Å². The average Bonchev–Trinajstić information content (AvgIpc) is 3.31. The van der Waals surface area contributed by atoms with E-state index in [-0.39, 0.29) is 43.3 Å². The zero-order valence-electron chi connectivity index (χ0n) is 18.0. The smallest absolute Gasteiger partial charge is 0.272 e. The Morgan fingerprint density at radius 3 is 2.68 bits per heavy atom. The number of nitrogens with zero attached hydrogens (tertiary/aromatic N) is 1. The number of H-pyrrole nitrogens is 1. The van der Waals surface area contributed by atoms with Crippen molar-refractivity contribution in [3.05, 3.63) is 64.8 Å². The summed E-state index contributed by atoms with van der Waals surface area (Å²) in [6.45, 7) is 0.198. The van der Waals surface area contributed by atoms with Crippen LogP contribution in [0.1, 0.15) is 44.8 Å². The standard InChI is InChI=1S/C24H21N5O5/c25-19(30)10-16-15-3-1-2-4-17(15)27-21(16)23(33)26-13-5-6-14-12(9-13)11-29(24(14)34)18-7-8-20(31)28-22(18)32/h1-6,9,18,27H,7-8,10-11H2,(H2,25,30)(H,26,33)(H,28,31,32). The predicted octanol–water partition coefficient (Wildman–Crippen LogP) is 1.21. The summed E-state index contributed by atoms with van der Waals surface area (Å²) in [5, 5.41) is 5.83. The number of aromatic nitrogens is 1. The van der Waals surface area contributed by atoms with Gasteiger partial charge in [-0.1, -0.05) is 18.2 Å². The number of para-hydroxylation sites is 1. The van der Waals surface area contributed by atoms with Crippen molar-refractivity contribution >= 4 is 46.1 Å². The highest BCUT2D eigenvalue weighted by Gasteiger charge is 2.39. The van der Waals surface area contributed by atoms with Crippen LogP contribution in [0.2, 0.25) is 0 Å². The number of primary amides is 1. The van der Waals surface area contributed by atoms with E-state index in [2.05, 4.69) is 15.6 Å². The average molecular weight is 459 g/mol. The summed E-state index contributed by atoms with van der Waals surface area (Å²) in [6.07, 6.45) is 0.360. The molecule has 5 N–H and O–H groups in total. The molecule has 10 heteroatoms. The summed E-state index contributed by atoms with van der Waals surface area (Å²) >= 11 is 0. The number of amides is 5. The number of aromatic amines is 1. The monoisotopic (exact) mass is 459 g/mol. The van der Waals surface area contributed by atoms with Gasteiger partial charge in [-0.2, -0.15) is 0 Å². The molecule has 34 heavy (non-hydrogen) atoms.